The van der Waals surface area contributed by atoms with Crippen molar-refractivity contribution in [1.82, 2.24) is 19.7 Å². The van der Waals surface area contributed by atoms with Gasteiger partial charge in [0.2, 0.25) is 0 Å². The molecule has 0 bridgehead atoms. The molecule has 1 amide bonds. The summed E-state index contributed by atoms with van der Waals surface area (Å²) >= 11 is 0. The summed E-state index contributed by atoms with van der Waals surface area (Å²) in [6.45, 7) is 3.61. The van der Waals surface area contributed by atoms with Crippen molar-refractivity contribution in [2.45, 2.75) is 26.6 Å². The number of nitrogens with one attached hydrogen (secondary N) is 1. The maximum Gasteiger partial charge on any atom is 0.416 e. The van der Waals surface area contributed by atoms with Crippen molar-refractivity contribution in [3.05, 3.63) is 81.0 Å². The van der Waals surface area contributed by atoms with Crippen molar-refractivity contribution >= 4 is 5.91 Å². The Morgan fingerprint density at radius 1 is 1.17 bits per heavy atom. The molecule has 2 heterocycles. The molecule has 0 unspecified atom stereocenters. The largest absolute Gasteiger partial charge is 0.416 e. The van der Waals surface area contributed by atoms with Crippen molar-refractivity contribution in [2.75, 3.05) is 0 Å². The lowest BCUT2D eigenvalue weighted by Gasteiger charge is -2.14. The fourth-order valence-corrected chi connectivity index (χ4v) is 2.93. The molecule has 2 aromatic heterocycles. The zero-order chi connectivity index (χ0) is 21.3. The topological polar surface area (TPSA) is 68.9 Å². The van der Waals surface area contributed by atoms with Crippen LogP contribution in [0.25, 0.3) is 5.69 Å². The summed E-state index contributed by atoms with van der Waals surface area (Å²) in [5, 5.41) is 6.74. The molecule has 9 heteroatoms. The Balaban J connectivity index is 1.94. The number of hydrogen-bond acceptors (Lipinski definition) is 3. The third kappa shape index (κ3) is 4.08. The zero-order valence-corrected chi connectivity index (χ0v) is 16.0. The van der Waals surface area contributed by atoms with Crippen LogP contribution in [0.2, 0.25) is 0 Å². The van der Waals surface area contributed by atoms with Crippen LogP contribution in [0.5, 0.6) is 0 Å². The van der Waals surface area contributed by atoms with Gasteiger partial charge >= 0.3 is 6.18 Å². The molecule has 0 fully saturated rings. The average molecular weight is 404 g/mol. The molecule has 0 aliphatic carbocycles. The number of hydrogen-bond donors (Lipinski definition) is 1. The quantitative estimate of drug-likeness (QED) is 0.727. The van der Waals surface area contributed by atoms with Crippen molar-refractivity contribution in [3.8, 4) is 5.69 Å². The van der Waals surface area contributed by atoms with Crippen molar-refractivity contribution < 1.29 is 18.0 Å². The fraction of sp³-hybridized carbons (Fsp3) is 0.250. The molecule has 152 valence electrons. The van der Waals surface area contributed by atoms with Crippen LogP contribution in [-0.2, 0) is 19.8 Å². The molecule has 1 aromatic carbocycles. The predicted molar refractivity (Wildman–Crippen MR) is 101 cm³/mol. The van der Waals surface area contributed by atoms with E-state index in [2.05, 4.69) is 10.4 Å². The number of amides is 1. The molecule has 1 N–H and O–H groups in total. The number of benzene rings is 1. The van der Waals surface area contributed by atoms with E-state index in [9.17, 15) is 22.8 Å². The van der Waals surface area contributed by atoms with Gasteiger partial charge in [-0.3, -0.25) is 18.8 Å². The van der Waals surface area contributed by atoms with Gasteiger partial charge in [0, 0.05) is 36.2 Å². The number of rotatable bonds is 4. The minimum atomic E-state index is -4.54. The highest BCUT2D eigenvalue weighted by Gasteiger charge is 2.30. The number of nitrogens with zero attached hydrogens (tertiary/aromatic N) is 3. The van der Waals surface area contributed by atoms with E-state index >= 15 is 0 Å². The normalized spacial score (nSPS) is 11.5. The summed E-state index contributed by atoms with van der Waals surface area (Å²) < 4.78 is 41.8. The third-order valence-electron chi connectivity index (χ3n) is 4.73. The van der Waals surface area contributed by atoms with E-state index in [1.807, 2.05) is 6.92 Å². The van der Waals surface area contributed by atoms with E-state index in [1.165, 1.54) is 24.3 Å². The summed E-state index contributed by atoms with van der Waals surface area (Å²) in [5.74, 6) is -0.612. The molecule has 0 radical (unpaired) electrons. The molecule has 3 rings (SSSR count). The Kier molecular flexibility index (Phi) is 5.32. The highest BCUT2D eigenvalue weighted by Crippen LogP contribution is 2.30. The second-order valence-electron chi connectivity index (χ2n) is 6.64. The predicted octanol–water partition coefficient (Wildman–Crippen LogP) is 3.14. The van der Waals surface area contributed by atoms with Gasteiger partial charge in [0.15, 0.2) is 0 Å². The molecule has 0 saturated carbocycles. The number of carbonyl (C=O) groups excluding carboxylic acids is 1. The maximum atomic E-state index is 13.0. The lowest BCUT2D eigenvalue weighted by molar-refractivity contribution is -0.137. The Morgan fingerprint density at radius 2 is 1.90 bits per heavy atom. The smallest absolute Gasteiger partial charge is 0.348 e. The molecular weight excluding hydrogens is 385 g/mol. The van der Waals surface area contributed by atoms with E-state index in [-0.39, 0.29) is 17.8 Å². The van der Waals surface area contributed by atoms with Crippen LogP contribution in [0.3, 0.4) is 0 Å². The number of carbonyl (C=O) groups is 1. The molecule has 0 aliphatic heterocycles. The Labute approximate surface area is 164 Å². The molecule has 0 atom stereocenters. The summed E-state index contributed by atoms with van der Waals surface area (Å²) in [5.41, 5.74) is 0.401. The third-order valence-corrected chi connectivity index (χ3v) is 4.73. The minimum Gasteiger partial charge on any atom is -0.348 e. The van der Waals surface area contributed by atoms with Gasteiger partial charge in [-0.2, -0.15) is 18.3 Å². The molecule has 0 aliphatic rings. The Morgan fingerprint density at radius 3 is 2.52 bits per heavy atom. The first-order valence-electron chi connectivity index (χ1n) is 8.75. The first kappa shape index (κ1) is 20.4. The average Bonchev–Trinajstić information content (AvgIpc) is 2.98. The summed E-state index contributed by atoms with van der Waals surface area (Å²) in [4.78, 5) is 25.4. The number of halogens is 3. The van der Waals surface area contributed by atoms with Crippen LogP contribution in [0.4, 0.5) is 13.2 Å². The van der Waals surface area contributed by atoms with E-state index < -0.39 is 23.2 Å². The van der Waals surface area contributed by atoms with Crippen molar-refractivity contribution in [2.24, 2.45) is 7.05 Å². The second-order valence-corrected chi connectivity index (χ2v) is 6.64. The standard InChI is InChI=1S/C20H19F3N4O2/c1-12-7-8-17(18(28)24-10-14-11-25-26(3)13(14)2)19(29)27(12)16-6-4-5-15(9-16)20(21,22)23/h4-9,11H,10H2,1-3H3,(H,24,28). The van der Waals surface area contributed by atoms with Crippen molar-refractivity contribution in [1.29, 1.82) is 0 Å². The van der Waals surface area contributed by atoms with Crippen LogP contribution in [0.15, 0.2) is 47.4 Å². The van der Waals surface area contributed by atoms with Crippen LogP contribution < -0.4 is 10.9 Å². The summed E-state index contributed by atoms with van der Waals surface area (Å²) in [7, 11) is 1.77. The van der Waals surface area contributed by atoms with Crippen LogP contribution >= 0.6 is 0 Å². The van der Waals surface area contributed by atoms with Gasteiger partial charge in [0.05, 0.1) is 11.8 Å². The number of aromatic nitrogens is 3. The van der Waals surface area contributed by atoms with Gasteiger partial charge in [-0.1, -0.05) is 6.07 Å². The molecular formula is C20H19F3N4O2. The molecule has 0 saturated heterocycles. The van der Waals surface area contributed by atoms with Gasteiger partial charge in [-0.25, -0.2) is 0 Å². The SMILES string of the molecule is Cc1c(CNC(=O)c2ccc(C)n(-c3cccc(C(F)(F)F)c3)c2=O)cnn1C. The Bertz CT molecular complexity index is 1130. The van der Waals surface area contributed by atoms with Crippen LogP contribution in [-0.4, -0.2) is 20.3 Å². The molecule has 29 heavy (non-hydrogen) atoms. The lowest BCUT2D eigenvalue weighted by Crippen LogP contribution is -2.33. The van der Waals surface area contributed by atoms with Gasteiger partial charge < -0.3 is 5.32 Å². The maximum absolute atomic E-state index is 13.0. The van der Waals surface area contributed by atoms with E-state index in [0.717, 1.165) is 28.0 Å². The minimum absolute atomic E-state index is 0.0417. The fourth-order valence-electron chi connectivity index (χ4n) is 2.93. The number of pyridine rings is 1. The van der Waals surface area contributed by atoms with Crippen LogP contribution in [0, 0.1) is 13.8 Å². The Hall–Kier alpha value is -3.36. The van der Waals surface area contributed by atoms with Gasteiger partial charge in [0.25, 0.3) is 11.5 Å². The molecule has 6 nitrogen and oxygen atoms in total. The highest BCUT2D eigenvalue weighted by molar-refractivity contribution is 5.93. The van der Waals surface area contributed by atoms with E-state index in [1.54, 1.807) is 24.9 Å². The zero-order valence-electron chi connectivity index (χ0n) is 16.0. The van der Waals surface area contributed by atoms with Crippen LogP contribution in [0.1, 0.15) is 32.9 Å². The van der Waals surface area contributed by atoms with E-state index in [4.69, 9.17) is 0 Å². The highest BCUT2D eigenvalue weighted by atomic mass is 19.4. The van der Waals surface area contributed by atoms with E-state index in [0.29, 0.717) is 5.69 Å². The van der Waals surface area contributed by atoms with Gasteiger partial charge in [0.1, 0.15) is 5.56 Å². The summed E-state index contributed by atoms with van der Waals surface area (Å²) in [6, 6.07) is 7.32. The lowest BCUT2D eigenvalue weighted by atomic mass is 10.1. The van der Waals surface area contributed by atoms with Gasteiger partial charge in [-0.15, -0.1) is 0 Å². The monoisotopic (exact) mass is 404 g/mol. The second kappa shape index (κ2) is 7.57. The molecule has 3 aromatic rings. The van der Waals surface area contributed by atoms with Gasteiger partial charge in [-0.05, 0) is 44.2 Å². The first-order chi connectivity index (χ1) is 13.6. The number of aryl methyl sites for hydroxylation is 2. The van der Waals surface area contributed by atoms with Crippen molar-refractivity contribution in [3.63, 3.8) is 0 Å². The summed E-state index contributed by atoms with van der Waals surface area (Å²) in [6.07, 6.45) is -2.92. The first-order valence-corrected chi connectivity index (χ1v) is 8.75. The number of alkyl halides is 3. The molecule has 0 spiro atoms.